The van der Waals surface area contributed by atoms with Crippen LogP contribution in [0.4, 0.5) is 4.79 Å². The van der Waals surface area contributed by atoms with Crippen LogP contribution in [0.5, 0.6) is 0 Å². The summed E-state index contributed by atoms with van der Waals surface area (Å²) in [4.78, 5) is 17.5. The van der Waals surface area contributed by atoms with E-state index in [4.69, 9.17) is 16.7 Å². The maximum absolute atomic E-state index is 11.1. The topological polar surface area (TPSA) is 71.2 Å². The SMILES string of the molecule is Cc1cc(Sc2cc(CN(C)C(=O)O)nn2-c2ccccc2Cl)ccn1. The van der Waals surface area contributed by atoms with Crippen LogP contribution in [0, 0.1) is 6.92 Å². The van der Waals surface area contributed by atoms with Gasteiger partial charge in [0.15, 0.2) is 0 Å². The number of benzene rings is 1. The van der Waals surface area contributed by atoms with Crippen molar-refractivity contribution in [1.82, 2.24) is 19.7 Å². The average molecular weight is 389 g/mol. The van der Waals surface area contributed by atoms with Crippen LogP contribution >= 0.6 is 23.4 Å². The zero-order chi connectivity index (χ0) is 18.7. The quantitative estimate of drug-likeness (QED) is 0.697. The maximum Gasteiger partial charge on any atom is 0.407 e. The molecule has 0 fully saturated rings. The fourth-order valence-electron chi connectivity index (χ4n) is 2.37. The summed E-state index contributed by atoms with van der Waals surface area (Å²) in [5, 5.41) is 15.1. The molecule has 1 aromatic carbocycles. The third-order valence-corrected chi connectivity index (χ3v) is 4.93. The highest BCUT2D eigenvalue weighted by Crippen LogP contribution is 2.32. The van der Waals surface area contributed by atoms with Crippen LogP contribution in [0.2, 0.25) is 5.02 Å². The molecule has 0 aliphatic heterocycles. The van der Waals surface area contributed by atoms with E-state index < -0.39 is 6.09 Å². The fraction of sp³-hybridized carbons (Fsp3) is 0.167. The first kappa shape index (κ1) is 18.3. The molecule has 134 valence electrons. The lowest BCUT2D eigenvalue weighted by Crippen LogP contribution is -2.24. The Morgan fingerprint density at radius 2 is 2.08 bits per heavy atom. The van der Waals surface area contributed by atoms with Crippen molar-refractivity contribution in [2.24, 2.45) is 0 Å². The van der Waals surface area contributed by atoms with Gasteiger partial charge in [0.25, 0.3) is 0 Å². The number of aryl methyl sites for hydroxylation is 1. The van der Waals surface area contributed by atoms with Crippen LogP contribution in [0.15, 0.2) is 58.6 Å². The summed E-state index contributed by atoms with van der Waals surface area (Å²) >= 11 is 7.86. The van der Waals surface area contributed by atoms with Crippen molar-refractivity contribution in [2.75, 3.05) is 7.05 Å². The first-order valence-corrected chi connectivity index (χ1v) is 9.02. The molecule has 3 rings (SSSR count). The zero-order valence-electron chi connectivity index (χ0n) is 14.3. The van der Waals surface area contributed by atoms with E-state index in [0.717, 1.165) is 21.3 Å². The third kappa shape index (κ3) is 4.17. The van der Waals surface area contributed by atoms with Gasteiger partial charge in [0.2, 0.25) is 0 Å². The van der Waals surface area contributed by atoms with E-state index in [-0.39, 0.29) is 6.54 Å². The van der Waals surface area contributed by atoms with Crippen LogP contribution in [-0.4, -0.2) is 37.9 Å². The molecule has 0 unspecified atom stereocenters. The molecule has 26 heavy (non-hydrogen) atoms. The highest BCUT2D eigenvalue weighted by molar-refractivity contribution is 7.99. The Morgan fingerprint density at radius 3 is 2.77 bits per heavy atom. The highest BCUT2D eigenvalue weighted by atomic mass is 35.5. The Kier molecular flexibility index (Phi) is 5.49. The fourth-order valence-corrected chi connectivity index (χ4v) is 3.61. The molecule has 0 saturated carbocycles. The van der Waals surface area contributed by atoms with E-state index in [1.54, 1.807) is 16.9 Å². The summed E-state index contributed by atoms with van der Waals surface area (Å²) < 4.78 is 1.74. The Balaban J connectivity index is 2.01. The van der Waals surface area contributed by atoms with Crippen molar-refractivity contribution in [2.45, 2.75) is 23.4 Å². The summed E-state index contributed by atoms with van der Waals surface area (Å²) in [6.45, 7) is 2.12. The monoisotopic (exact) mass is 388 g/mol. The first-order valence-electron chi connectivity index (χ1n) is 7.82. The smallest absolute Gasteiger partial charge is 0.407 e. The minimum Gasteiger partial charge on any atom is -0.465 e. The van der Waals surface area contributed by atoms with Gasteiger partial charge in [-0.15, -0.1) is 0 Å². The van der Waals surface area contributed by atoms with Gasteiger partial charge in [-0.2, -0.15) is 5.10 Å². The summed E-state index contributed by atoms with van der Waals surface area (Å²) in [5.74, 6) is 0. The Hall–Kier alpha value is -2.51. The lowest BCUT2D eigenvalue weighted by molar-refractivity contribution is 0.153. The molecular weight excluding hydrogens is 372 g/mol. The molecule has 2 aromatic heterocycles. The normalized spacial score (nSPS) is 10.7. The van der Waals surface area contributed by atoms with Crippen molar-refractivity contribution in [1.29, 1.82) is 0 Å². The maximum atomic E-state index is 11.1. The van der Waals surface area contributed by atoms with Gasteiger partial charge in [-0.25, -0.2) is 9.48 Å². The lowest BCUT2D eigenvalue weighted by Gasteiger charge is -2.10. The molecule has 6 nitrogen and oxygen atoms in total. The zero-order valence-corrected chi connectivity index (χ0v) is 15.8. The van der Waals surface area contributed by atoms with Crippen LogP contribution < -0.4 is 0 Å². The van der Waals surface area contributed by atoms with E-state index >= 15 is 0 Å². The number of carboxylic acid groups (broad SMARTS) is 1. The van der Waals surface area contributed by atoms with Crippen LogP contribution in [0.1, 0.15) is 11.4 Å². The van der Waals surface area contributed by atoms with Crippen LogP contribution in [0.3, 0.4) is 0 Å². The summed E-state index contributed by atoms with van der Waals surface area (Å²) in [6.07, 6.45) is 0.753. The summed E-state index contributed by atoms with van der Waals surface area (Å²) in [7, 11) is 1.51. The number of hydrogen-bond acceptors (Lipinski definition) is 4. The van der Waals surface area contributed by atoms with Crippen LogP contribution in [-0.2, 0) is 6.54 Å². The van der Waals surface area contributed by atoms with Gasteiger partial charge < -0.3 is 10.0 Å². The number of amides is 1. The molecule has 1 amide bonds. The van der Waals surface area contributed by atoms with Crippen molar-refractivity contribution >= 4 is 29.5 Å². The standard InChI is InChI=1S/C18H17ClN4O2S/c1-12-9-14(7-8-20-12)26-17-10-13(11-22(2)18(24)25)21-23(17)16-6-4-3-5-15(16)19/h3-10H,11H2,1-2H3,(H,24,25). The minimum absolute atomic E-state index is 0.190. The Morgan fingerprint density at radius 1 is 1.31 bits per heavy atom. The second-order valence-electron chi connectivity index (χ2n) is 5.71. The number of halogens is 1. The first-order chi connectivity index (χ1) is 12.4. The number of hydrogen-bond donors (Lipinski definition) is 1. The average Bonchev–Trinajstić information content (AvgIpc) is 2.97. The van der Waals surface area contributed by atoms with Gasteiger partial charge in [-0.3, -0.25) is 4.98 Å². The number of pyridine rings is 1. The Labute approximate surface area is 160 Å². The molecule has 0 spiro atoms. The Bertz CT molecular complexity index is 944. The molecule has 0 saturated heterocycles. The summed E-state index contributed by atoms with van der Waals surface area (Å²) in [6, 6.07) is 13.2. The third-order valence-electron chi connectivity index (χ3n) is 3.62. The van der Waals surface area contributed by atoms with Gasteiger partial charge in [-0.05, 0) is 37.3 Å². The van der Waals surface area contributed by atoms with Crippen molar-refractivity contribution in [3.63, 3.8) is 0 Å². The largest absolute Gasteiger partial charge is 0.465 e. The number of rotatable bonds is 5. The molecule has 0 atom stereocenters. The second-order valence-corrected chi connectivity index (χ2v) is 7.21. The summed E-state index contributed by atoms with van der Waals surface area (Å²) in [5.41, 5.74) is 2.31. The molecule has 2 heterocycles. The lowest BCUT2D eigenvalue weighted by atomic mass is 10.3. The van der Waals surface area contributed by atoms with E-state index in [1.807, 2.05) is 43.3 Å². The molecule has 0 bridgehead atoms. The molecule has 0 aliphatic carbocycles. The van der Waals surface area contributed by atoms with Gasteiger partial charge in [0.05, 0.1) is 22.9 Å². The number of aromatic nitrogens is 3. The number of nitrogens with zero attached hydrogens (tertiary/aromatic N) is 4. The van der Waals surface area contributed by atoms with E-state index in [1.165, 1.54) is 23.7 Å². The predicted octanol–water partition coefficient (Wildman–Crippen LogP) is 4.49. The molecule has 0 aliphatic rings. The second kappa shape index (κ2) is 7.80. The van der Waals surface area contributed by atoms with Gasteiger partial charge in [0.1, 0.15) is 5.03 Å². The van der Waals surface area contributed by atoms with Gasteiger partial charge in [0, 0.05) is 23.8 Å². The number of para-hydroxylation sites is 1. The van der Waals surface area contributed by atoms with E-state index in [0.29, 0.717) is 10.7 Å². The number of carbonyl (C=O) groups is 1. The highest BCUT2D eigenvalue weighted by Gasteiger charge is 2.16. The minimum atomic E-state index is -1.00. The molecule has 0 radical (unpaired) electrons. The molecule has 1 N–H and O–H groups in total. The van der Waals surface area contributed by atoms with Crippen molar-refractivity contribution in [3.05, 3.63) is 65.1 Å². The van der Waals surface area contributed by atoms with E-state index in [9.17, 15) is 4.79 Å². The molecule has 8 heteroatoms. The molecule has 3 aromatic rings. The predicted molar refractivity (Wildman–Crippen MR) is 101 cm³/mol. The van der Waals surface area contributed by atoms with Crippen molar-refractivity contribution in [3.8, 4) is 5.69 Å². The van der Waals surface area contributed by atoms with Gasteiger partial charge in [-0.1, -0.05) is 35.5 Å². The van der Waals surface area contributed by atoms with Gasteiger partial charge >= 0.3 is 6.09 Å². The molecular formula is C18H17ClN4O2S. The van der Waals surface area contributed by atoms with Crippen molar-refractivity contribution < 1.29 is 9.90 Å². The van der Waals surface area contributed by atoms with E-state index in [2.05, 4.69) is 10.1 Å². The van der Waals surface area contributed by atoms with Crippen LogP contribution in [0.25, 0.3) is 5.69 Å².